The van der Waals surface area contributed by atoms with Gasteiger partial charge in [0.05, 0.1) is 0 Å². The molecular weight excluding hydrogens is 246 g/mol. The maximum atomic E-state index is 11.4. The highest BCUT2D eigenvalue weighted by atomic mass is 16.4. The molecule has 0 aromatic heterocycles. The van der Waals surface area contributed by atoms with Crippen molar-refractivity contribution in [3.8, 4) is 0 Å². The minimum absolute atomic E-state index is 0.0712. The summed E-state index contributed by atoms with van der Waals surface area (Å²) in [6, 6.07) is 0.185. The van der Waals surface area contributed by atoms with E-state index in [1.807, 2.05) is 4.90 Å². The van der Waals surface area contributed by atoms with Crippen LogP contribution in [0.1, 0.15) is 26.2 Å². The Bertz CT molecular complexity index is 336. The lowest BCUT2D eigenvalue weighted by atomic mass is 10.1. The van der Waals surface area contributed by atoms with Gasteiger partial charge in [0.2, 0.25) is 5.91 Å². The largest absolute Gasteiger partial charge is 0.480 e. The number of hydrogen-bond acceptors (Lipinski definition) is 4. The van der Waals surface area contributed by atoms with Crippen molar-refractivity contribution in [1.82, 2.24) is 15.1 Å². The topological polar surface area (TPSA) is 72.9 Å². The Morgan fingerprint density at radius 2 is 1.89 bits per heavy atom. The van der Waals surface area contributed by atoms with E-state index in [1.54, 1.807) is 11.8 Å². The van der Waals surface area contributed by atoms with Crippen LogP contribution in [0.25, 0.3) is 0 Å². The predicted molar refractivity (Wildman–Crippen MR) is 70.9 cm³/mol. The van der Waals surface area contributed by atoms with Crippen LogP contribution in [0.2, 0.25) is 0 Å². The minimum Gasteiger partial charge on any atom is -0.480 e. The molecule has 6 heteroatoms. The van der Waals surface area contributed by atoms with Crippen molar-refractivity contribution in [2.24, 2.45) is 0 Å². The lowest BCUT2D eigenvalue weighted by Crippen LogP contribution is -2.54. The maximum absolute atomic E-state index is 11.4. The smallest absolute Gasteiger partial charge is 0.320 e. The third-order valence-electron chi connectivity index (χ3n) is 3.91. The van der Waals surface area contributed by atoms with E-state index in [-0.39, 0.29) is 5.91 Å². The van der Waals surface area contributed by atoms with Gasteiger partial charge in [-0.1, -0.05) is 0 Å². The Hall–Kier alpha value is -1.14. The summed E-state index contributed by atoms with van der Waals surface area (Å²) >= 11 is 0. The van der Waals surface area contributed by atoms with Crippen LogP contribution in [0.15, 0.2) is 0 Å². The molecular formula is C13H23N3O3. The average molecular weight is 269 g/mol. The Morgan fingerprint density at radius 3 is 2.37 bits per heavy atom. The fourth-order valence-corrected chi connectivity index (χ4v) is 2.52. The van der Waals surface area contributed by atoms with E-state index in [4.69, 9.17) is 0 Å². The first-order chi connectivity index (χ1) is 9.08. The molecule has 0 aromatic carbocycles. The molecule has 6 nitrogen and oxygen atoms in total. The van der Waals surface area contributed by atoms with Crippen molar-refractivity contribution in [3.05, 3.63) is 0 Å². The van der Waals surface area contributed by atoms with Gasteiger partial charge in [-0.15, -0.1) is 0 Å². The molecule has 108 valence electrons. The number of nitrogens with one attached hydrogen (secondary N) is 1. The molecule has 19 heavy (non-hydrogen) atoms. The van der Waals surface area contributed by atoms with Crippen LogP contribution in [0, 0.1) is 0 Å². The molecule has 1 saturated heterocycles. The Morgan fingerprint density at radius 1 is 1.26 bits per heavy atom. The summed E-state index contributed by atoms with van der Waals surface area (Å²) in [6.07, 6.45) is 3.07. The first-order valence-corrected chi connectivity index (χ1v) is 7.03. The summed E-state index contributed by atoms with van der Waals surface area (Å²) in [7, 11) is 0. The highest BCUT2D eigenvalue weighted by Crippen LogP contribution is 2.19. The molecule has 1 unspecified atom stereocenters. The van der Waals surface area contributed by atoms with E-state index in [2.05, 4.69) is 5.32 Å². The fourth-order valence-electron chi connectivity index (χ4n) is 2.52. The Labute approximate surface area is 113 Å². The summed E-state index contributed by atoms with van der Waals surface area (Å²) in [4.78, 5) is 26.4. The summed E-state index contributed by atoms with van der Waals surface area (Å²) in [5.41, 5.74) is 0. The molecule has 1 amide bonds. The number of aliphatic carboxylic acids is 1. The van der Waals surface area contributed by atoms with E-state index in [0.29, 0.717) is 38.6 Å². The van der Waals surface area contributed by atoms with E-state index in [1.165, 1.54) is 12.8 Å². The van der Waals surface area contributed by atoms with Gasteiger partial charge in [0.1, 0.15) is 6.04 Å². The highest BCUT2D eigenvalue weighted by Gasteiger charge is 2.29. The van der Waals surface area contributed by atoms with E-state index in [0.717, 1.165) is 6.54 Å². The first-order valence-electron chi connectivity index (χ1n) is 7.03. The zero-order valence-electron chi connectivity index (χ0n) is 11.5. The fraction of sp³-hybridized carbons (Fsp3) is 0.846. The zero-order chi connectivity index (χ0) is 13.8. The monoisotopic (exact) mass is 269 g/mol. The Kier molecular flexibility index (Phi) is 4.76. The molecule has 1 saturated carbocycles. The van der Waals surface area contributed by atoms with Crippen molar-refractivity contribution < 1.29 is 14.7 Å². The van der Waals surface area contributed by atoms with Crippen LogP contribution in [0.5, 0.6) is 0 Å². The zero-order valence-corrected chi connectivity index (χ0v) is 11.5. The molecule has 2 fully saturated rings. The average Bonchev–Trinajstić information content (AvgIpc) is 3.18. The summed E-state index contributed by atoms with van der Waals surface area (Å²) in [5, 5.41) is 12.7. The van der Waals surface area contributed by atoms with Crippen LogP contribution in [-0.2, 0) is 9.59 Å². The van der Waals surface area contributed by atoms with Crippen LogP contribution >= 0.6 is 0 Å². The quantitative estimate of drug-likeness (QED) is 0.695. The van der Waals surface area contributed by atoms with Gasteiger partial charge in [0, 0.05) is 39.1 Å². The second kappa shape index (κ2) is 6.34. The third kappa shape index (κ3) is 4.18. The van der Waals surface area contributed by atoms with Crippen LogP contribution in [0.4, 0.5) is 0 Å². The van der Waals surface area contributed by atoms with Gasteiger partial charge >= 0.3 is 5.97 Å². The molecule has 2 rings (SSSR count). The Balaban J connectivity index is 1.78. The number of rotatable bonds is 6. The summed E-state index contributed by atoms with van der Waals surface area (Å²) in [6.45, 7) is 4.89. The number of carbonyl (C=O) groups excluding carboxylic acids is 1. The normalized spacial score (nSPS) is 22.3. The van der Waals surface area contributed by atoms with E-state index < -0.39 is 12.0 Å². The van der Waals surface area contributed by atoms with Crippen molar-refractivity contribution >= 4 is 11.9 Å². The predicted octanol–water partition coefficient (Wildman–Crippen LogP) is -0.254. The molecule has 0 bridgehead atoms. The summed E-state index contributed by atoms with van der Waals surface area (Å²) in [5.74, 6) is -0.684. The van der Waals surface area contributed by atoms with E-state index in [9.17, 15) is 14.7 Å². The number of carboxylic acids is 1. The van der Waals surface area contributed by atoms with Gasteiger partial charge in [-0.05, 0) is 25.8 Å². The van der Waals surface area contributed by atoms with Crippen molar-refractivity contribution in [1.29, 1.82) is 0 Å². The molecule has 1 aliphatic heterocycles. The molecule has 1 atom stereocenters. The van der Waals surface area contributed by atoms with E-state index >= 15 is 0 Å². The van der Waals surface area contributed by atoms with Gasteiger partial charge in [0.15, 0.2) is 0 Å². The van der Waals surface area contributed by atoms with Crippen LogP contribution in [-0.4, -0.2) is 71.6 Å². The highest BCUT2D eigenvalue weighted by molar-refractivity contribution is 5.74. The van der Waals surface area contributed by atoms with Gasteiger partial charge in [0.25, 0.3) is 0 Å². The van der Waals surface area contributed by atoms with Gasteiger partial charge < -0.3 is 15.3 Å². The van der Waals surface area contributed by atoms with Crippen molar-refractivity contribution in [2.45, 2.75) is 38.3 Å². The molecule has 0 spiro atoms. The SMILES string of the molecule is CC(=O)N1CCN(C(CCNC2CC2)C(=O)O)CC1. The van der Waals surface area contributed by atoms with Gasteiger partial charge in [-0.3, -0.25) is 14.5 Å². The molecule has 1 aliphatic carbocycles. The maximum Gasteiger partial charge on any atom is 0.320 e. The van der Waals surface area contributed by atoms with Crippen molar-refractivity contribution in [2.75, 3.05) is 32.7 Å². The van der Waals surface area contributed by atoms with Gasteiger partial charge in [-0.25, -0.2) is 0 Å². The second-order valence-electron chi connectivity index (χ2n) is 5.41. The lowest BCUT2D eigenvalue weighted by Gasteiger charge is -2.37. The standard InChI is InChI=1S/C13H23N3O3/c1-10(17)15-6-8-16(9-7-15)12(13(18)19)4-5-14-11-2-3-11/h11-12,14H,2-9H2,1H3,(H,18,19). The van der Waals surface area contributed by atoms with Crippen molar-refractivity contribution in [3.63, 3.8) is 0 Å². The molecule has 0 aromatic rings. The number of nitrogens with zero attached hydrogens (tertiary/aromatic N) is 2. The lowest BCUT2D eigenvalue weighted by molar-refractivity contribution is -0.144. The number of amides is 1. The molecule has 1 heterocycles. The minimum atomic E-state index is -0.756. The third-order valence-corrected chi connectivity index (χ3v) is 3.91. The van der Waals surface area contributed by atoms with Crippen LogP contribution in [0.3, 0.4) is 0 Å². The molecule has 0 radical (unpaired) electrons. The first kappa shape index (κ1) is 14.3. The number of hydrogen-bond donors (Lipinski definition) is 2. The van der Waals surface area contributed by atoms with Crippen LogP contribution < -0.4 is 5.32 Å². The molecule has 2 N–H and O–H groups in total. The number of carbonyl (C=O) groups is 2. The number of piperazine rings is 1. The van der Waals surface area contributed by atoms with Gasteiger partial charge in [-0.2, -0.15) is 0 Å². The molecule has 2 aliphatic rings. The second-order valence-corrected chi connectivity index (χ2v) is 5.41. The number of carboxylic acid groups (broad SMARTS) is 1. The summed E-state index contributed by atoms with van der Waals surface area (Å²) < 4.78 is 0.